The lowest BCUT2D eigenvalue weighted by Crippen LogP contribution is -2.21. The third kappa shape index (κ3) is 3.22. The van der Waals surface area contributed by atoms with Gasteiger partial charge >= 0.3 is 0 Å². The molecule has 0 atom stereocenters. The minimum Gasteiger partial charge on any atom is -0.486 e. The van der Waals surface area contributed by atoms with Gasteiger partial charge in [0.15, 0.2) is 11.5 Å². The molecule has 1 heterocycles. The summed E-state index contributed by atoms with van der Waals surface area (Å²) in [5.74, 6) is 1.60. The van der Waals surface area contributed by atoms with Gasteiger partial charge in [0.25, 0.3) is 0 Å². The van der Waals surface area contributed by atoms with Gasteiger partial charge in [-0.3, -0.25) is 4.84 Å². The van der Waals surface area contributed by atoms with Crippen molar-refractivity contribution in [1.82, 2.24) is 5.48 Å². The van der Waals surface area contributed by atoms with Crippen LogP contribution in [0.15, 0.2) is 16.6 Å². The Kier molecular flexibility index (Phi) is 4.25. The predicted octanol–water partition coefficient (Wildman–Crippen LogP) is 3.18. The topological polar surface area (TPSA) is 39.7 Å². The third-order valence-electron chi connectivity index (χ3n) is 3.49. The SMILES string of the molecule is Brc1cc(CNOC2CCCC2)cc2c1OCCO2. The van der Waals surface area contributed by atoms with Gasteiger partial charge in [-0.1, -0.05) is 12.8 Å². The molecule has 0 radical (unpaired) electrons. The van der Waals surface area contributed by atoms with E-state index in [-0.39, 0.29) is 0 Å². The number of benzene rings is 1. The quantitative estimate of drug-likeness (QED) is 0.862. The molecular weight excluding hydrogens is 310 g/mol. The Hall–Kier alpha value is -0.780. The van der Waals surface area contributed by atoms with E-state index in [4.69, 9.17) is 14.3 Å². The molecule has 1 fully saturated rings. The molecular formula is C14H18BrNO3. The average Bonchev–Trinajstić information content (AvgIpc) is 2.92. The van der Waals surface area contributed by atoms with Crippen molar-refractivity contribution in [3.8, 4) is 11.5 Å². The maximum Gasteiger partial charge on any atom is 0.175 e. The van der Waals surface area contributed by atoms with E-state index in [1.807, 2.05) is 12.1 Å². The third-order valence-corrected chi connectivity index (χ3v) is 4.07. The summed E-state index contributed by atoms with van der Waals surface area (Å²) in [6, 6.07) is 4.04. The van der Waals surface area contributed by atoms with Crippen LogP contribution in [0.2, 0.25) is 0 Å². The van der Waals surface area contributed by atoms with Gasteiger partial charge in [-0.2, -0.15) is 5.48 Å². The van der Waals surface area contributed by atoms with Crippen LogP contribution in [0.25, 0.3) is 0 Å². The Bertz CT molecular complexity index is 447. The molecule has 0 unspecified atom stereocenters. The first-order chi connectivity index (χ1) is 9.33. The number of ether oxygens (including phenoxy) is 2. The summed E-state index contributed by atoms with van der Waals surface area (Å²) in [7, 11) is 0. The predicted molar refractivity (Wildman–Crippen MR) is 75.3 cm³/mol. The van der Waals surface area contributed by atoms with E-state index in [9.17, 15) is 0 Å². The second kappa shape index (κ2) is 6.11. The lowest BCUT2D eigenvalue weighted by molar-refractivity contribution is -0.0244. The van der Waals surface area contributed by atoms with Crippen LogP contribution in [0.4, 0.5) is 0 Å². The number of nitrogens with one attached hydrogen (secondary N) is 1. The van der Waals surface area contributed by atoms with E-state index in [0.717, 1.165) is 34.4 Å². The summed E-state index contributed by atoms with van der Waals surface area (Å²) in [5.41, 5.74) is 4.18. The van der Waals surface area contributed by atoms with E-state index in [1.165, 1.54) is 12.8 Å². The molecule has 0 spiro atoms. The van der Waals surface area contributed by atoms with Crippen LogP contribution in [0.3, 0.4) is 0 Å². The van der Waals surface area contributed by atoms with Crippen molar-refractivity contribution < 1.29 is 14.3 Å². The second-order valence-corrected chi connectivity index (χ2v) is 5.80. The summed E-state index contributed by atoms with van der Waals surface area (Å²) in [5, 5.41) is 0. The molecule has 104 valence electrons. The molecule has 19 heavy (non-hydrogen) atoms. The molecule has 2 aliphatic rings. The van der Waals surface area contributed by atoms with Crippen molar-refractivity contribution in [3.05, 3.63) is 22.2 Å². The summed E-state index contributed by atoms with van der Waals surface area (Å²) in [6.07, 6.45) is 5.26. The first-order valence-electron chi connectivity index (χ1n) is 6.79. The highest BCUT2D eigenvalue weighted by molar-refractivity contribution is 9.10. The monoisotopic (exact) mass is 327 g/mol. The normalized spacial score (nSPS) is 18.8. The number of hydrogen-bond donors (Lipinski definition) is 1. The summed E-state index contributed by atoms with van der Waals surface area (Å²) in [6.45, 7) is 1.88. The van der Waals surface area contributed by atoms with Crippen molar-refractivity contribution in [1.29, 1.82) is 0 Å². The molecule has 1 saturated carbocycles. The number of hydroxylamine groups is 1. The Labute approximate surface area is 121 Å². The van der Waals surface area contributed by atoms with Crippen LogP contribution in [0, 0.1) is 0 Å². The summed E-state index contributed by atoms with van der Waals surface area (Å²) in [4.78, 5) is 5.65. The Morgan fingerprint density at radius 2 is 2.00 bits per heavy atom. The van der Waals surface area contributed by atoms with Crippen molar-refractivity contribution in [2.45, 2.75) is 38.3 Å². The van der Waals surface area contributed by atoms with Crippen LogP contribution in [-0.2, 0) is 11.4 Å². The maximum absolute atomic E-state index is 5.65. The van der Waals surface area contributed by atoms with Gasteiger partial charge in [0.1, 0.15) is 13.2 Å². The van der Waals surface area contributed by atoms with Gasteiger partial charge in [-0.15, -0.1) is 0 Å². The number of hydrogen-bond acceptors (Lipinski definition) is 4. The fraction of sp³-hybridized carbons (Fsp3) is 0.571. The molecule has 5 heteroatoms. The molecule has 1 N–H and O–H groups in total. The maximum atomic E-state index is 5.65. The highest BCUT2D eigenvalue weighted by Crippen LogP contribution is 2.38. The average molecular weight is 328 g/mol. The Balaban J connectivity index is 1.59. The number of halogens is 1. The van der Waals surface area contributed by atoms with Crippen LogP contribution < -0.4 is 15.0 Å². The fourth-order valence-electron chi connectivity index (χ4n) is 2.52. The van der Waals surface area contributed by atoms with Crippen molar-refractivity contribution in [2.75, 3.05) is 13.2 Å². The molecule has 3 rings (SSSR count). The van der Waals surface area contributed by atoms with E-state index in [1.54, 1.807) is 0 Å². The smallest absolute Gasteiger partial charge is 0.175 e. The van der Waals surface area contributed by atoms with Crippen molar-refractivity contribution in [3.63, 3.8) is 0 Å². The molecule has 1 aliphatic heterocycles. The highest BCUT2D eigenvalue weighted by Gasteiger charge is 2.17. The lowest BCUT2D eigenvalue weighted by atomic mass is 10.2. The largest absolute Gasteiger partial charge is 0.486 e. The van der Waals surface area contributed by atoms with Crippen molar-refractivity contribution in [2.24, 2.45) is 0 Å². The summed E-state index contributed by atoms with van der Waals surface area (Å²) >= 11 is 3.52. The van der Waals surface area contributed by atoms with Gasteiger partial charge in [0, 0.05) is 6.54 Å². The van der Waals surface area contributed by atoms with E-state index in [0.29, 0.717) is 25.9 Å². The van der Waals surface area contributed by atoms with Crippen LogP contribution >= 0.6 is 15.9 Å². The van der Waals surface area contributed by atoms with E-state index < -0.39 is 0 Å². The van der Waals surface area contributed by atoms with Crippen molar-refractivity contribution >= 4 is 15.9 Å². The van der Waals surface area contributed by atoms with Gasteiger partial charge in [-0.05, 0) is 46.5 Å². The molecule has 4 nitrogen and oxygen atoms in total. The van der Waals surface area contributed by atoms with Gasteiger partial charge < -0.3 is 9.47 Å². The zero-order chi connectivity index (χ0) is 13.1. The molecule has 1 aromatic rings. The Morgan fingerprint density at radius 3 is 2.84 bits per heavy atom. The number of fused-ring (bicyclic) bond motifs is 1. The highest BCUT2D eigenvalue weighted by atomic mass is 79.9. The zero-order valence-electron chi connectivity index (χ0n) is 10.8. The van der Waals surface area contributed by atoms with Crippen LogP contribution in [0.1, 0.15) is 31.2 Å². The minimum atomic E-state index is 0.376. The molecule has 1 aromatic carbocycles. The lowest BCUT2D eigenvalue weighted by Gasteiger charge is -2.20. The minimum absolute atomic E-state index is 0.376. The second-order valence-electron chi connectivity index (χ2n) is 4.95. The first kappa shape index (κ1) is 13.2. The molecule has 0 amide bonds. The van der Waals surface area contributed by atoms with Crippen LogP contribution in [-0.4, -0.2) is 19.3 Å². The van der Waals surface area contributed by atoms with Crippen LogP contribution in [0.5, 0.6) is 11.5 Å². The fourth-order valence-corrected chi connectivity index (χ4v) is 3.12. The molecule has 0 saturated heterocycles. The number of rotatable bonds is 4. The van der Waals surface area contributed by atoms with Gasteiger partial charge in [-0.25, -0.2) is 0 Å². The van der Waals surface area contributed by atoms with E-state index >= 15 is 0 Å². The summed E-state index contributed by atoms with van der Waals surface area (Å²) < 4.78 is 12.1. The van der Waals surface area contributed by atoms with Gasteiger partial charge in [0.2, 0.25) is 0 Å². The molecule has 1 aliphatic carbocycles. The Morgan fingerprint density at radius 1 is 1.21 bits per heavy atom. The van der Waals surface area contributed by atoms with E-state index in [2.05, 4.69) is 21.4 Å². The standard InChI is InChI=1S/C14H18BrNO3/c15-12-7-10(8-13-14(12)18-6-5-17-13)9-16-19-11-3-1-2-4-11/h7-8,11,16H,1-6,9H2. The van der Waals surface area contributed by atoms with Gasteiger partial charge in [0.05, 0.1) is 10.6 Å². The first-order valence-corrected chi connectivity index (χ1v) is 7.59. The molecule has 0 bridgehead atoms. The zero-order valence-corrected chi connectivity index (χ0v) is 12.4. The molecule has 0 aromatic heterocycles.